The molecule has 2 unspecified atom stereocenters. The molecule has 0 amide bonds. The first-order valence-electron chi connectivity index (χ1n) is 24.1. The van der Waals surface area contributed by atoms with Crippen LogP contribution < -0.4 is 9.47 Å². The van der Waals surface area contributed by atoms with Crippen LogP contribution in [-0.2, 0) is 27.4 Å². The van der Waals surface area contributed by atoms with Crippen LogP contribution in [0.2, 0.25) is 0 Å². The summed E-state index contributed by atoms with van der Waals surface area (Å²) in [5.74, 6) is 2.53. The van der Waals surface area contributed by atoms with Crippen LogP contribution >= 0.6 is 0 Å². The van der Waals surface area contributed by atoms with Crippen LogP contribution in [0.5, 0.6) is 11.5 Å². The van der Waals surface area contributed by atoms with Crippen LogP contribution in [0, 0.1) is 48.3 Å². The summed E-state index contributed by atoms with van der Waals surface area (Å²) in [5, 5.41) is 14.5. The number of methoxy groups -OCH3 is 1. The molecular formula is C55H76N2O6. The Hall–Kier alpha value is -4.14. The highest BCUT2D eigenvalue weighted by Gasteiger charge is 2.34. The number of rotatable bonds is 10. The zero-order valence-electron chi connectivity index (χ0n) is 39.9. The average molecular weight is 861 g/mol. The first kappa shape index (κ1) is 46.8. The number of likely N-dealkylation sites (tertiary alicyclic amines) is 2. The second-order valence-electron chi connectivity index (χ2n) is 21.6. The quantitative estimate of drug-likeness (QED) is 0.158. The van der Waals surface area contributed by atoms with Gasteiger partial charge in [0.2, 0.25) is 0 Å². The minimum atomic E-state index is -0.677. The zero-order valence-corrected chi connectivity index (χ0v) is 39.9. The normalized spacial score (nSPS) is 24.8. The fourth-order valence-corrected chi connectivity index (χ4v) is 11.1. The number of esters is 1. The monoisotopic (exact) mass is 861 g/mol. The Morgan fingerprint density at radius 3 is 1.33 bits per heavy atom. The number of fused-ring (bicyclic) bond motifs is 2. The molecule has 2 saturated heterocycles. The standard InChI is InChI=1S/C28H39NO3.C27H37NO3/c1-19-16-26(32-22-12-10-21(11-13-22)28(2,3)4)25(24-9-7-6-8-23(19)24)18-29-15-14-20(17-29)27(30)31-5;1-18-15-25(31-21-11-9-20(10-12-21)27(2,3)4)24(23-8-6-5-7-22(18)23)17-28-14-13-19(16-28)26(29)30/h6-9,16,20-22H,10-15,17-18H2,1-5H3;5-8,15,19-21H,9-14,16-17H2,1-4H3,(H,29,30). The van der Waals surface area contributed by atoms with E-state index in [0.29, 0.717) is 17.4 Å². The van der Waals surface area contributed by atoms with Gasteiger partial charge in [-0.05, 0) is 159 Å². The Labute approximate surface area is 378 Å². The van der Waals surface area contributed by atoms with Crippen molar-refractivity contribution in [2.75, 3.05) is 33.3 Å². The molecule has 2 atom stereocenters. The van der Waals surface area contributed by atoms with Gasteiger partial charge in [-0.15, -0.1) is 0 Å². The first-order valence-corrected chi connectivity index (χ1v) is 24.1. The molecule has 0 radical (unpaired) electrons. The van der Waals surface area contributed by atoms with Crippen molar-refractivity contribution in [3.8, 4) is 11.5 Å². The van der Waals surface area contributed by atoms with Gasteiger partial charge in [-0.2, -0.15) is 0 Å². The second-order valence-corrected chi connectivity index (χ2v) is 21.6. The van der Waals surface area contributed by atoms with E-state index in [9.17, 15) is 14.7 Å². The number of ether oxygens (including phenoxy) is 3. The van der Waals surface area contributed by atoms with Gasteiger partial charge in [0, 0.05) is 37.3 Å². The fraction of sp³-hybridized carbons (Fsp3) is 0.600. The highest BCUT2D eigenvalue weighted by Crippen LogP contribution is 2.42. The molecule has 0 bridgehead atoms. The molecule has 0 aromatic heterocycles. The van der Waals surface area contributed by atoms with E-state index in [1.165, 1.54) is 76.6 Å². The Kier molecular flexibility index (Phi) is 14.8. The highest BCUT2D eigenvalue weighted by atomic mass is 16.5. The third-order valence-corrected chi connectivity index (χ3v) is 15.2. The van der Waals surface area contributed by atoms with E-state index in [0.717, 1.165) is 94.6 Å². The van der Waals surface area contributed by atoms with Crippen molar-refractivity contribution in [2.24, 2.45) is 34.5 Å². The van der Waals surface area contributed by atoms with Gasteiger partial charge in [0.1, 0.15) is 11.5 Å². The molecular weight excluding hydrogens is 785 g/mol. The van der Waals surface area contributed by atoms with Gasteiger partial charge in [0.15, 0.2) is 0 Å². The van der Waals surface area contributed by atoms with Gasteiger partial charge in [-0.25, -0.2) is 0 Å². The van der Waals surface area contributed by atoms with Gasteiger partial charge in [0.25, 0.3) is 0 Å². The molecule has 8 heteroatoms. The number of hydrogen-bond donors (Lipinski definition) is 1. The van der Waals surface area contributed by atoms with Crippen LogP contribution in [0.4, 0.5) is 0 Å². The Bertz CT molecular complexity index is 2200. The second kappa shape index (κ2) is 19.9. The van der Waals surface area contributed by atoms with E-state index in [1.54, 1.807) is 0 Å². The lowest BCUT2D eigenvalue weighted by Crippen LogP contribution is -2.31. The average Bonchev–Trinajstić information content (AvgIpc) is 3.94. The molecule has 0 spiro atoms. The minimum absolute atomic E-state index is 0.0197. The molecule has 8 rings (SSSR count). The number of carbonyl (C=O) groups is 2. The van der Waals surface area contributed by atoms with Crippen LogP contribution in [0.15, 0.2) is 60.7 Å². The lowest BCUT2D eigenvalue weighted by atomic mass is 9.72. The zero-order chi connectivity index (χ0) is 45.1. The summed E-state index contributed by atoms with van der Waals surface area (Å²) in [5.41, 5.74) is 5.72. The molecule has 342 valence electrons. The van der Waals surface area contributed by atoms with Crippen molar-refractivity contribution in [3.63, 3.8) is 0 Å². The van der Waals surface area contributed by atoms with Crippen LogP contribution in [0.3, 0.4) is 0 Å². The Morgan fingerprint density at radius 2 is 0.968 bits per heavy atom. The summed E-state index contributed by atoms with van der Waals surface area (Å²) in [6.07, 6.45) is 11.5. The summed E-state index contributed by atoms with van der Waals surface area (Å²) in [6, 6.07) is 21.6. The maximum Gasteiger partial charge on any atom is 0.310 e. The predicted octanol–water partition coefficient (Wildman–Crippen LogP) is 12.2. The number of benzene rings is 4. The molecule has 4 aromatic rings. The molecule has 4 aromatic carbocycles. The topological polar surface area (TPSA) is 88.5 Å². The lowest BCUT2D eigenvalue weighted by molar-refractivity contribution is -0.145. The van der Waals surface area contributed by atoms with Crippen molar-refractivity contribution < 1.29 is 28.9 Å². The molecule has 2 aliphatic heterocycles. The van der Waals surface area contributed by atoms with Gasteiger partial charge in [-0.3, -0.25) is 19.4 Å². The third kappa shape index (κ3) is 11.4. The van der Waals surface area contributed by atoms with E-state index in [2.05, 4.69) is 126 Å². The van der Waals surface area contributed by atoms with Crippen LogP contribution in [-0.4, -0.2) is 72.3 Å². The van der Waals surface area contributed by atoms with E-state index >= 15 is 0 Å². The Morgan fingerprint density at radius 1 is 0.587 bits per heavy atom. The highest BCUT2D eigenvalue weighted by molar-refractivity contribution is 5.91. The van der Waals surface area contributed by atoms with Crippen molar-refractivity contribution in [1.29, 1.82) is 0 Å². The number of aliphatic carboxylic acids is 1. The Balaban J connectivity index is 0.000000189. The number of aryl methyl sites for hydroxylation is 2. The summed E-state index contributed by atoms with van der Waals surface area (Å²) in [6.45, 7) is 23.1. The van der Waals surface area contributed by atoms with E-state index in [4.69, 9.17) is 14.2 Å². The van der Waals surface area contributed by atoms with E-state index < -0.39 is 5.97 Å². The maximum atomic E-state index is 12.0. The molecule has 1 N–H and O–H groups in total. The van der Waals surface area contributed by atoms with E-state index in [1.807, 2.05) is 0 Å². The SMILES string of the molecule is COC(=O)C1CCN(Cc2c(OC3CCC(C(C)(C)C)CC3)cc(C)c3ccccc23)C1.Cc1cc(OC2CCC(C(C)(C)C)CC2)c(CN2CCC(C(=O)O)C2)c2ccccc12. The third-order valence-electron chi connectivity index (χ3n) is 15.2. The molecule has 2 aliphatic carbocycles. The van der Waals surface area contributed by atoms with Crippen molar-refractivity contribution in [1.82, 2.24) is 9.80 Å². The van der Waals surface area contributed by atoms with Gasteiger partial charge in [0.05, 0.1) is 31.2 Å². The fourth-order valence-electron chi connectivity index (χ4n) is 11.1. The molecule has 63 heavy (non-hydrogen) atoms. The number of nitrogens with zero attached hydrogens (tertiary/aromatic N) is 2. The van der Waals surface area contributed by atoms with Crippen molar-refractivity contribution in [3.05, 3.63) is 82.9 Å². The number of carbonyl (C=O) groups excluding carboxylic acids is 1. The predicted molar refractivity (Wildman–Crippen MR) is 255 cm³/mol. The number of hydrogen-bond acceptors (Lipinski definition) is 7. The largest absolute Gasteiger partial charge is 0.490 e. The minimum Gasteiger partial charge on any atom is -0.490 e. The van der Waals surface area contributed by atoms with Gasteiger partial charge in [-0.1, -0.05) is 90.1 Å². The summed E-state index contributed by atoms with van der Waals surface area (Å²) in [4.78, 5) is 28.1. The van der Waals surface area contributed by atoms with E-state index in [-0.39, 0.29) is 30.0 Å². The number of carboxylic acid groups (broad SMARTS) is 1. The first-order chi connectivity index (χ1) is 30.0. The summed E-state index contributed by atoms with van der Waals surface area (Å²) < 4.78 is 18.4. The molecule has 4 fully saturated rings. The van der Waals surface area contributed by atoms with Crippen molar-refractivity contribution in [2.45, 2.75) is 145 Å². The lowest BCUT2D eigenvalue weighted by Gasteiger charge is -2.37. The van der Waals surface area contributed by atoms with Crippen molar-refractivity contribution >= 4 is 33.5 Å². The molecule has 8 nitrogen and oxygen atoms in total. The van der Waals surface area contributed by atoms with Crippen LogP contribution in [0.25, 0.3) is 21.5 Å². The summed E-state index contributed by atoms with van der Waals surface area (Å²) in [7, 11) is 1.48. The maximum absolute atomic E-state index is 12.0. The molecule has 2 heterocycles. The summed E-state index contributed by atoms with van der Waals surface area (Å²) >= 11 is 0. The molecule has 4 aliphatic rings. The van der Waals surface area contributed by atoms with Gasteiger partial charge < -0.3 is 19.3 Å². The number of carboxylic acids is 1. The van der Waals surface area contributed by atoms with Crippen LogP contribution in [0.1, 0.15) is 128 Å². The van der Waals surface area contributed by atoms with Gasteiger partial charge >= 0.3 is 11.9 Å². The molecule has 2 saturated carbocycles. The smallest absolute Gasteiger partial charge is 0.310 e.